The SMILES string of the molecule is O=C(c1ccc2ccccc2c1)N1CCCCCCC1. The van der Waals surface area contributed by atoms with Crippen LogP contribution in [0.25, 0.3) is 10.8 Å². The third-order valence-corrected chi connectivity index (χ3v) is 4.14. The fraction of sp³-hybridized carbons (Fsp3) is 0.389. The molecule has 0 aromatic heterocycles. The van der Waals surface area contributed by atoms with Crippen LogP contribution in [-0.4, -0.2) is 23.9 Å². The minimum Gasteiger partial charge on any atom is -0.339 e. The lowest BCUT2D eigenvalue weighted by Gasteiger charge is -2.25. The lowest BCUT2D eigenvalue weighted by Crippen LogP contribution is -2.33. The Hall–Kier alpha value is -1.83. The van der Waals surface area contributed by atoms with E-state index in [2.05, 4.69) is 12.1 Å². The highest BCUT2D eigenvalue weighted by Crippen LogP contribution is 2.18. The summed E-state index contributed by atoms with van der Waals surface area (Å²) in [4.78, 5) is 14.7. The first-order valence-electron chi connectivity index (χ1n) is 7.63. The highest BCUT2D eigenvalue weighted by molar-refractivity contribution is 5.98. The molecule has 2 nitrogen and oxygen atoms in total. The summed E-state index contributed by atoms with van der Waals surface area (Å²) in [5, 5.41) is 2.34. The number of hydrogen-bond acceptors (Lipinski definition) is 1. The second-order valence-corrected chi connectivity index (χ2v) is 5.62. The highest BCUT2D eigenvalue weighted by Gasteiger charge is 2.16. The van der Waals surface area contributed by atoms with Crippen LogP contribution in [0.3, 0.4) is 0 Å². The normalized spacial score (nSPS) is 16.7. The van der Waals surface area contributed by atoms with Crippen molar-refractivity contribution in [2.45, 2.75) is 32.1 Å². The zero-order chi connectivity index (χ0) is 13.8. The van der Waals surface area contributed by atoms with Crippen molar-refractivity contribution in [3.8, 4) is 0 Å². The molecule has 20 heavy (non-hydrogen) atoms. The smallest absolute Gasteiger partial charge is 0.253 e. The molecule has 1 aliphatic rings. The summed E-state index contributed by atoms with van der Waals surface area (Å²) < 4.78 is 0. The molecule has 1 heterocycles. The summed E-state index contributed by atoms with van der Waals surface area (Å²) in [6.07, 6.45) is 6.10. The van der Waals surface area contributed by atoms with Crippen LogP contribution >= 0.6 is 0 Å². The molecule has 2 aromatic carbocycles. The van der Waals surface area contributed by atoms with Crippen molar-refractivity contribution in [2.75, 3.05) is 13.1 Å². The third kappa shape index (κ3) is 2.84. The molecule has 0 radical (unpaired) electrons. The molecule has 2 heteroatoms. The molecule has 0 unspecified atom stereocenters. The predicted molar refractivity (Wildman–Crippen MR) is 82.9 cm³/mol. The Kier molecular flexibility index (Phi) is 4.00. The maximum Gasteiger partial charge on any atom is 0.253 e. The maximum absolute atomic E-state index is 12.6. The first-order chi connectivity index (χ1) is 9.84. The number of benzene rings is 2. The first-order valence-corrected chi connectivity index (χ1v) is 7.63. The maximum atomic E-state index is 12.6. The average Bonchev–Trinajstić information content (AvgIpc) is 2.46. The van der Waals surface area contributed by atoms with Gasteiger partial charge in [-0.3, -0.25) is 4.79 Å². The van der Waals surface area contributed by atoms with Gasteiger partial charge in [-0.25, -0.2) is 0 Å². The van der Waals surface area contributed by atoms with Crippen LogP contribution in [-0.2, 0) is 0 Å². The van der Waals surface area contributed by atoms with E-state index in [0.29, 0.717) is 0 Å². The topological polar surface area (TPSA) is 20.3 Å². The van der Waals surface area contributed by atoms with Crippen molar-refractivity contribution in [3.63, 3.8) is 0 Å². The Labute approximate surface area is 120 Å². The van der Waals surface area contributed by atoms with Crippen LogP contribution in [0.4, 0.5) is 0 Å². The summed E-state index contributed by atoms with van der Waals surface area (Å²) in [5.74, 6) is 0.192. The van der Waals surface area contributed by atoms with Gasteiger partial charge in [-0.05, 0) is 35.7 Å². The number of carbonyl (C=O) groups excluding carboxylic acids is 1. The molecule has 1 fully saturated rings. The molecule has 1 saturated heterocycles. The average molecular weight is 267 g/mol. The second kappa shape index (κ2) is 6.08. The molecular formula is C18H21NO. The summed E-state index contributed by atoms with van der Waals surface area (Å²) in [6, 6.07) is 14.2. The van der Waals surface area contributed by atoms with Gasteiger partial charge in [0.15, 0.2) is 0 Å². The van der Waals surface area contributed by atoms with E-state index in [-0.39, 0.29) is 5.91 Å². The van der Waals surface area contributed by atoms with E-state index in [1.165, 1.54) is 24.6 Å². The molecule has 1 aliphatic heterocycles. The molecule has 0 aliphatic carbocycles. The molecule has 0 spiro atoms. The summed E-state index contributed by atoms with van der Waals surface area (Å²) in [5.41, 5.74) is 0.823. The summed E-state index contributed by atoms with van der Waals surface area (Å²) in [6.45, 7) is 1.82. The standard InChI is InChI=1S/C18H21NO/c20-18(19-12-6-2-1-3-7-13-19)17-11-10-15-8-4-5-9-16(15)14-17/h4-5,8-11,14H,1-3,6-7,12-13H2. The molecular weight excluding hydrogens is 246 g/mol. The van der Waals surface area contributed by atoms with Gasteiger partial charge in [0.05, 0.1) is 0 Å². The molecule has 0 saturated carbocycles. The number of fused-ring (bicyclic) bond motifs is 1. The number of nitrogens with zero attached hydrogens (tertiary/aromatic N) is 1. The van der Waals surface area contributed by atoms with E-state index in [1.807, 2.05) is 35.2 Å². The van der Waals surface area contributed by atoms with Gasteiger partial charge < -0.3 is 4.90 Å². The van der Waals surface area contributed by atoms with Gasteiger partial charge in [-0.1, -0.05) is 49.6 Å². The highest BCUT2D eigenvalue weighted by atomic mass is 16.2. The Bertz CT molecular complexity index is 597. The van der Waals surface area contributed by atoms with Crippen LogP contribution < -0.4 is 0 Å². The van der Waals surface area contributed by atoms with E-state index in [1.54, 1.807) is 0 Å². The monoisotopic (exact) mass is 267 g/mol. The van der Waals surface area contributed by atoms with Crippen molar-refractivity contribution < 1.29 is 4.79 Å². The number of rotatable bonds is 1. The van der Waals surface area contributed by atoms with E-state index >= 15 is 0 Å². The Morgan fingerprint density at radius 3 is 2.20 bits per heavy atom. The fourth-order valence-corrected chi connectivity index (χ4v) is 2.96. The van der Waals surface area contributed by atoms with Crippen LogP contribution in [0.5, 0.6) is 0 Å². The van der Waals surface area contributed by atoms with Crippen LogP contribution in [0.1, 0.15) is 42.5 Å². The van der Waals surface area contributed by atoms with E-state index in [0.717, 1.165) is 36.9 Å². The molecule has 1 amide bonds. The van der Waals surface area contributed by atoms with Gasteiger partial charge >= 0.3 is 0 Å². The molecule has 104 valence electrons. The van der Waals surface area contributed by atoms with E-state index in [9.17, 15) is 4.79 Å². The van der Waals surface area contributed by atoms with Gasteiger partial charge in [0, 0.05) is 18.7 Å². The quantitative estimate of drug-likeness (QED) is 0.756. The van der Waals surface area contributed by atoms with Crippen molar-refractivity contribution in [3.05, 3.63) is 48.0 Å². The largest absolute Gasteiger partial charge is 0.339 e. The number of carbonyl (C=O) groups is 1. The van der Waals surface area contributed by atoms with E-state index in [4.69, 9.17) is 0 Å². The minimum absolute atomic E-state index is 0.192. The molecule has 3 rings (SSSR count). The summed E-state index contributed by atoms with van der Waals surface area (Å²) in [7, 11) is 0. The molecule has 0 bridgehead atoms. The zero-order valence-corrected chi connectivity index (χ0v) is 11.8. The Balaban J connectivity index is 1.83. The number of hydrogen-bond donors (Lipinski definition) is 0. The minimum atomic E-state index is 0.192. The van der Waals surface area contributed by atoms with E-state index < -0.39 is 0 Å². The van der Waals surface area contributed by atoms with Crippen LogP contribution in [0.15, 0.2) is 42.5 Å². The van der Waals surface area contributed by atoms with Crippen LogP contribution in [0.2, 0.25) is 0 Å². The molecule has 0 N–H and O–H groups in total. The zero-order valence-electron chi connectivity index (χ0n) is 11.8. The van der Waals surface area contributed by atoms with Gasteiger partial charge in [0.25, 0.3) is 5.91 Å². The number of amides is 1. The molecule has 0 atom stereocenters. The van der Waals surface area contributed by atoms with Crippen molar-refractivity contribution >= 4 is 16.7 Å². The van der Waals surface area contributed by atoms with Crippen molar-refractivity contribution in [1.82, 2.24) is 4.90 Å². The van der Waals surface area contributed by atoms with Gasteiger partial charge in [0.1, 0.15) is 0 Å². The Morgan fingerprint density at radius 2 is 1.45 bits per heavy atom. The predicted octanol–water partition coefficient (Wildman–Crippen LogP) is 4.25. The van der Waals surface area contributed by atoms with Crippen molar-refractivity contribution in [1.29, 1.82) is 0 Å². The van der Waals surface area contributed by atoms with Gasteiger partial charge in [-0.15, -0.1) is 0 Å². The van der Waals surface area contributed by atoms with Gasteiger partial charge in [0.2, 0.25) is 0 Å². The second-order valence-electron chi connectivity index (χ2n) is 5.62. The number of likely N-dealkylation sites (tertiary alicyclic amines) is 1. The lowest BCUT2D eigenvalue weighted by atomic mass is 10.0. The lowest BCUT2D eigenvalue weighted by molar-refractivity contribution is 0.0742. The third-order valence-electron chi connectivity index (χ3n) is 4.14. The molecule has 2 aromatic rings. The van der Waals surface area contributed by atoms with Crippen LogP contribution in [0, 0.1) is 0 Å². The first kappa shape index (κ1) is 13.2. The Morgan fingerprint density at radius 1 is 0.800 bits per heavy atom. The summed E-state index contributed by atoms with van der Waals surface area (Å²) >= 11 is 0. The van der Waals surface area contributed by atoms with Gasteiger partial charge in [-0.2, -0.15) is 0 Å². The van der Waals surface area contributed by atoms with Crippen molar-refractivity contribution in [2.24, 2.45) is 0 Å². The fourth-order valence-electron chi connectivity index (χ4n) is 2.96.